The molecular weight excluding hydrogens is 430 g/mol. The van der Waals surface area contributed by atoms with Gasteiger partial charge in [-0.1, -0.05) is 18.2 Å². The molecule has 4 rings (SSSR count). The van der Waals surface area contributed by atoms with E-state index >= 15 is 0 Å². The third kappa shape index (κ3) is 4.13. The lowest BCUT2D eigenvalue weighted by molar-refractivity contribution is 0.0857. The van der Waals surface area contributed by atoms with Gasteiger partial charge in [0.25, 0.3) is 15.9 Å². The summed E-state index contributed by atoms with van der Waals surface area (Å²) in [5, 5.41) is 2.86. The van der Waals surface area contributed by atoms with Crippen LogP contribution in [0, 0.1) is 6.92 Å². The lowest BCUT2D eigenvalue weighted by Gasteiger charge is -2.21. The summed E-state index contributed by atoms with van der Waals surface area (Å²) in [6.07, 6.45) is 3.12. The van der Waals surface area contributed by atoms with Gasteiger partial charge in [-0.3, -0.25) is 13.9 Å². The molecule has 1 aliphatic rings. The number of amides is 1. The molecule has 1 atom stereocenters. The Kier molecular flexibility index (Phi) is 6.03. The molecule has 0 spiro atoms. The topological polar surface area (TPSA) is 109 Å². The molecule has 0 radical (unpaired) electrons. The normalized spacial score (nSPS) is 16.2. The van der Waals surface area contributed by atoms with E-state index in [1.165, 1.54) is 35.7 Å². The molecule has 1 aromatic heterocycles. The van der Waals surface area contributed by atoms with Gasteiger partial charge in [-0.05, 0) is 49.6 Å². The van der Waals surface area contributed by atoms with Crippen molar-refractivity contribution in [1.82, 2.24) is 10.3 Å². The van der Waals surface area contributed by atoms with E-state index in [0.29, 0.717) is 24.4 Å². The minimum absolute atomic E-state index is 0.0295. The highest BCUT2D eigenvalue weighted by molar-refractivity contribution is 7.92. The molecule has 8 nitrogen and oxygen atoms in total. The Labute approximate surface area is 186 Å². The molecule has 2 N–H and O–H groups in total. The molecule has 0 saturated carbocycles. The van der Waals surface area contributed by atoms with E-state index in [0.717, 1.165) is 18.4 Å². The molecule has 0 aliphatic carbocycles. The van der Waals surface area contributed by atoms with E-state index in [2.05, 4.69) is 10.3 Å². The summed E-state index contributed by atoms with van der Waals surface area (Å²) >= 11 is 0. The van der Waals surface area contributed by atoms with Crippen LogP contribution in [0.5, 0.6) is 0 Å². The maximum atomic E-state index is 13.2. The number of H-pyrrole nitrogens is 1. The Bertz CT molecular complexity index is 1330. The number of sulfonamides is 1. The number of rotatable bonds is 6. The van der Waals surface area contributed by atoms with E-state index in [1.807, 2.05) is 19.1 Å². The number of aryl methyl sites for hydroxylation is 1. The number of aromatic amines is 1. The molecule has 2 heterocycles. The second-order valence-electron chi connectivity index (χ2n) is 7.84. The van der Waals surface area contributed by atoms with Crippen LogP contribution < -0.4 is 15.1 Å². The number of carbonyl (C=O) groups excluding carboxylic acids is 1. The summed E-state index contributed by atoms with van der Waals surface area (Å²) in [6.45, 7) is 2.82. The highest BCUT2D eigenvalue weighted by atomic mass is 32.2. The summed E-state index contributed by atoms with van der Waals surface area (Å²) in [5.41, 5.74) is 1.20. The minimum atomic E-state index is -3.91. The second-order valence-corrected chi connectivity index (χ2v) is 9.81. The van der Waals surface area contributed by atoms with Gasteiger partial charge in [-0.2, -0.15) is 0 Å². The SMILES string of the molecule is Cc1ccccc1N(C)S(=O)(=O)c1ccc2[nH]cc(C(=O)NC[C@H]3CCCO3)c(=O)c2c1. The highest BCUT2D eigenvalue weighted by Gasteiger charge is 2.24. The van der Waals surface area contributed by atoms with Crippen LogP contribution in [0.4, 0.5) is 5.69 Å². The average Bonchev–Trinajstić information content (AvgIpc) is 3.31. The van der Waals surface area contributed by atoms with Gasteiger partial charge in [-0.25, -0.2) is 8.42 Å². The first-order valence-corrected chi connectivity index (χ1v) is 11.8. The fourth-order valence-corrected chi connectivity index (χ4v) is 5.12. The Hall–Kier alpha value is -3.17. The number of fused-ring (bicyclic) bond motifs is 1. The molecule has 9 heteroatoms. The van der Waals surface area contributed by atoms with Gasteiger partial charge in [-0.15, -0.1) is 0 Å². The van der Waals surface area contributed by atoms with Gasteiger partial charge in [0.1, 0.15) is 5.56 Å². The van der Waals surface area contributed by atoms with Gasteiger partial charge < -0.3 is 15.0 Å². The van der Waals surface area contributed by atoms with Crippen molar-refractivity contribution >= 4 is 32.5 Å². The number of hydrogen-bond acceptors (Lipinski definition) is 5. The summed E-state index contributed by atoms with van der Waals surface area (Å²) in [6, 6.07) is 11.4. The minimum Gasteiger partial charge on any atom is -0.376 e. The van der Waals surface area contributed by atoms with E-state index in [9.17, 15) is 18.0 Å². The molecule has 0 unspecified atom stereocenters. The highest BCUT2D eigenvalue weighted by Crippen LogP contribution is 2.26. The standard InChI is InChI=1S/C23H25N3O5S/c1-15-6-3-4-8-21(15)26(2)32(29,30)17-9-10-20-18(12-17)22(27)19(14-24-20)23(28)25-13-16-7-5-11-31-16/h3-4,6,8-10,12,14,16H,5,7,11,13H2,1-2H3,(H,24,27)(H,25,28)/t16-/m1/s1. The summed E-state index contributed by atoms with van der Waals surface area (Å²) in [5.74, 6) is -0.520. The van der Waals surface area contributed by atoms with E-state index in [1.54, 1.807) is 12.1 Å². The Morgan fingerprint density at radius 3 is 2.75 bits per heavy atom. The number of benzene rings is 2. The molecule has 2 aromatic carbocycles. The molecule has 32 heavy (non-hydrogen) atoms. The molecule has 1 aliphatic heterocycles. The number of carbonyl (C=O) groups is 1. The van der Waals surface area contributed by atoms with Crippen LogP contribution in [0.2, 0.25) is 0 Å². The van der Waals surface area contributed by atoms with Crippen LogP contribution >= 0.6 is 0 Å². The molecular formula is C23H25N3O5S. The predicted octanol–water partition coefficient (Wildman–Crippen LogP) is 2.57. The zero-order valence-corrected chi connectivity index (χ0v) is 18.7. The first-order chi connectivity index (χ1) is 15.3. The Morgan fingerprint density at radius 1 is 1.25 bits per heavy atom. The van der Waals surface area contributed by atoms with Gasteiger partial charge in [0.15, 0.2) is 0 Å². The quantitative estimate of drug-likeness (QED) is 0.594. The molecule has 1 amide bonds. The molecule has 1 saturated heterocycles. The number of pyridine rings is 1. The number of para-hydroxylation sites is 1. The van der Waals surface area contributed by atoms with E-state index in [4.69, 9.17) is 4.74 Å². The van der Waals surface area contributed by atoms with Crippen molar-refractivity contribution in [1.29, 1.82) is 0 Å². The van der Waals surface area contributed by atoms with Crippen LogP contribution in [0.25, 0.3) is 10.9 Å². The monoisotopic (exact) mass is 455 g/mol. The van der Waals surface area contributed by atoms with Crippen molar-refractivity contribution in [3.8, 4) is 0 Å². The van der Waals surface area contributed by atoms with Crippen LogP contribution in [0.15, 0.2) is 58.4 Å². The fraction of sp³-hybridized carbons (Fsp3) is 0.304. The van der Waals surface area contributed by atoms with Crippen LogP contribution in [0.1, 0.15) is 28.8 Å². The van der Waals surface area contributed by atoms with Gasteiger partial charge in [0.2, 0.25) is 5.43 Å². The zero-order chi connectivity index (χ0) is 22.9. The maximum Gasteiger partial charge on any atom is 0.264 e. The number of aromatic nitrogens is 1. The summed E-state index contributed by atoms with van der Waals surface area (Å²) in [4.78, 5) is 28.5. The van der Waals surface area contributed by atoms with Gasteiger partial charge in [0, 0.05) is 37.3 Å². The van der Waals surface area contributed by atoms with Crippen molar-refractivity contribution in [3.63, 3.8) is 0 Å². The van der Waals surface area contributed by atoms with E-state index < -0.39 is 21.4 Å². The number of anilines is 1. The van der Waals surface area contributed by atoms with E-state index in [-0.39, 0.29) is 21.9 Å². The van der Waals surface area contributed by atoms with Crippen LogP contribution in [-0.2, 0) is 14.8 Å². The molecule has 0 bridgehead atoms. The fourth-order valence-electron chi connectivity index (χ4n) is 3.84. The smallest absolute Gasteiger partial charge is 0.264 e. The van der Waals surface area contributed by atoms with Crippen molar-refractivity contribution in [3.05, 3.63) is 70.0 Å². The Morgan fingerprint density at radius 2 is 2.03 bits per heavy atom. The molecule has 168 valence electrons. The summed E-state index contributed by atoms with van der Waals surface area (Å²) < 4.78 is 33.1. The van der Waals surface area contributed by atoms with Crippen molar-refractivity contribution in [2.24, 2.45) is 0 Å². The average molecular weight is 456 g/mol. The predicted molar refractivity (Wildman–Crippen MR) is 123 cm³/mol. The summed E-state index contributed by atoms with van der Waals surface area (Å²) in [7, 11) is -2.44. The van der Waals surface area contributed by atoms with Crippen LogP contribution in [-0.4, -0.2) is 45.6 Å². The first-order valence-electron chi connectivity index (χ1n) is 10.4. The number of nitrogens with zero attached hydrogens (tertiary/aromatic N) is 1. The lowest BCUT2D eigenvalue weighted by Crippen LogP contribution is -2.34. The largest absolute Gasteiger partial charge is 0.376 e. The van der Waals surface area contributed by atoms with Crippen molar-refractivity contribution < 1.29 is 17.9 Å². The second kappa shape index (κ2) is 8.76. The molecule has 1 fully saturated rings. The van der Waals surface area contributed by atoms with Gasteiger partial charge in [0.05, 0.1) is 16.7 Å². The van der Waals surface area contributed by atoms with Crippen molar-refractivity contribution in [2.75, 3.05) is 24.5 Å². The third-order valence-corrected chi connectivity index (χ3v) is 7.49. The number of hydrogen-bond donors (Lipinski definition) is 2. The van der Waals surface area contributed by atoms with Gasteiger partial charge >= 0.3 is 0 Å². The maximum absolute atomic E-state index is 13.2. The first kappa shape index (κ1) is 22.0. The number of nitrogens with one attached hydrogen (secondary N) is 2. The lowest BCUT2D eigenvalue weighted by atomic mass is 10.1. The van der Waals surface area contributed by atoms with Crippen LogP contribution in [0.3, 0.4) is 0 Å². The number of ether oxygens (including phenoxy) is 1. The van der Waals surface area contributed by atoms with Crippen molar-refractivity contribution in [2.45, 2.75) is 30.8 Å². The molecule has 3 aromatic rings. The Balaban J connectivity index is 1.67. The third-order valence-electron chi connectivity index (χ3n) is 5.72. The zero-order valence-electron chi connectivity index (χ0n) is 17.9.